The van der Waals surface area contributed by atoms with Gasteiger partial charge >= 0.3 is 6.09 Å². The average molecular weight is 485 g/mol. The van der Waals surface area contributed by atoms with Gasteiger partial charge in [-0.05, 0) is 32.8 Å². The highest BCUT2D eigenvalue weighted by molar-refractivity contribution is 8.10. The second-order valence-corrected chi connectivity index (χ2v) is 9.54. The number of aliphatic hydroxyl groups is 1. The predicted octanol–water partition coefficient (Wildman–Crippen LogP) is 1.75. The molecule has 2 N–H and O–H groups in total. The normalized spacial score (nSPS) is 17.5. The number of rotatable bonds is 6. The summed E-state index contributed by atoms with van der Waals surface area (Å²) < 4.78 is 5.55. The molecule has 0 aliphatic carbocycles. The summed E-state index contributed by atoms with van der Waals surface area (Å²) in [7, 11) is 0. The van der Waals surface area contributed by atoms with Crippen LogP contribution in [0.2, 0.25) is 0 Å². The van der Waals surface area contributed by atoms with Crippen LogP contribution in [-0.2, 0) is 16.0 Å². The van der Waals surface area contributed by atoms with Crippen molar-refractivity contribution < 1.29 is 24.4 Å². The van der Waals surface area contributed by atoms with Crippen molar-refractivity contribution in [3.8, 4) is 0 Å². The van der Waals surface area contributed by atoms with Crippen LogP contribution in [0.5, 0.6) is 0 Å². The predicted molar refractivity (Wildman–Crippen MR) is 126 cm³/mol. The Kier molecular flexibility index (Phi) is 8.81. The number of carbonyl (C=O) groups excluding carboxylic acids is 2. The minimum absolute atomic E-state index is 0.00484. The minimum Gasteiger partial charge on any atom is -0.444 e. The van der Waals surface area contributed by atoms with Crippen LogP contribution in [0.1, 0.15) is 26.3 Å². The molecule has 0 bridgehead atoms. The van der Waals surface area contributed by atoms with Gasteiger partial charge in [0.05, 0.1) is 17.6 Å². The van der Waals surface area contributed by atoms with Crippen molar-refractivity contribution in [2.24, 2.45) is 0 Å². The first-order chi connectivity index (χ1) is 14.9. The van der Waals surface area contributed by atoms with Crippen LogP contribution in [0.4, 0.5) is 10.5 Å². The highest BCUT2D eigenvalue weighted by atomic mass is 32.1. The molecule has 2 rings (SSSR count). The van der Waals surface area contributed by atoms with E-state index in [1.807, 2.05) is 4.90 Å². The standard InChI is InChI=1S/C20H28N4O6S2/c1-20(2,3)30-18(27)21-16(12-25)17(26)22-8-9-23(19(31)32)15(11-22)10-13-4-6-14(7-5-13)24(28)29/h4-7,15-16,25H,8-12H2,1-3H3,(H,21,27)(H,31,32). The summed E-state index contributed by atoms with van der Waals surface area (Å²) in [5, 5.41) is 23.0. The Hall–Kier alpha value is -2.44. The van der Waals surface area contributed by atoms with Crippen molar-refractivity contribution in [2.75, 3.05) is 26.2 Å². The number of aliphatic hydroxyl groups excluding tert-OH is 1. The first-order valence-corrected chi connectivity index (χ1v) is 10.9. The van der Waals surface area contributed by atoms with E-state index in [0.717, 1.165) is 5.56 Å². The van der Waals surface area contributed by atoms with Gasteiger partial charge in [-0.2, -0.15) is 0 Å². The zero-order valence-corrected chi connectivity index (χ0v) is 19.9. The number of piperazine rings is 1. The van der Waals surface area contributed by atoms with Crippen molar-refractivity contribution in [3.05, 3.63) is 39.9 Å². The van der Waals surface area contributed by atoms with Gasteiger partial charge in [0.15, 0.2) is 0 Å². The molecule has 32 heavy (non-hydrogen) atoms. The number of ether oxygens (including phenoxy) is 1. The fourth-order valence-corrected chi connectivity index (χ4v) is 3.87. The number of nitro benzene ring substituents is 1. The Labute approximate surface area is 197 Å². The van der Waals surface area contributed by atoms with Crippen LogP contribution in [0.3, 0.4) is 0 Å². The second kappa shape index (κ2) is 10.9. The molecular formula is C20H28N4O6S2. The molecule has 0 spiro atoms. The van der Waals surface area contributed by atoms with Gasteiger partial charge in [-0.25, -0.2) is 4.79 Å². The van der Waals surface area contributed by atoms with Crippen molar-refractivity contribution in [1.82, 2.24) is 15.1 Å². The lowest BCUT2D eigenvalue weighted by Gasteiger charge is -2.43. The third kappa shape index (κ3) is 7.31. The molecule has 0 saturated carbocycles. The molecule has 1 aliphatic heterocycles. The number of non-ortho nitro benzene ring substituents is 1. The third-order valence-corrected chi connectivity index (χ3v) is 5.32. The van der Waals surface area contributed by atoms with Gasteiger partial charge in [-0.1, -0.05) is 24.4 Å². The number of hydrogen-bond acceptors (Lipinski definition) is 7. The fraction of sp³-hybridized carbons (Fsp3) is 0.550. The maximum Gasteiger partial charge on any atom is 0.408 e. The topological polar surface area (TPSA) is 125 Å². The summed E-state index contributed by atoms with van der Waals surface area (Å²) in [5.41, 5.74) is 0.0986. The van der Waals surface area contributed by atoms with Crippen LogP contribution in [0, 0.1) is 10.1 Å². The van der Waals surface area contributed by atoms with E-state index in [-0.39, 0.29) is 18.3 Å². The molecule has 10 nitrogen and oxygen atoms in total. The molecule has 1 aliphatic rings. The summed E-state index contributed by atoms with van der Waals surface area (Å²) in [6.07, 6.45) is -0.311. The molecule has 1 aromatic rings. The number of thiol groups is 1. The molecule has 0 radical (unpaired) electrons. The lowest BCUT2D eigenvalue weighted by atomic mass is 10.0. The van der Waals surface area contributed by atoms with Crippen LogP contribution in [0.15, 0.2) is 24.3 Å². The number of amides is 2. The quantitative estimate of drug-likeness (QED) is 0.241. The Balaban J connectivity index is 2.11. The highest BCUT2D eigenvalue weighted by Gasteiger charge is 2.34. The number of carbonyl (C=O) groups is 2. The summed E-state index contributed by atoms with van der Waals surface area (Å²) in [6, 6.07) is 4.83. The fourth-order valence-electron chi connectivity index (χ4n) is 3.36. The number of nitrogens with one attached hydrogen (secondary N) is 1. The second-order valence-electron chi connectivity index (χ2n) is 8.42. The molecular weight excluding hydrogens is 456 g/mol. The zero-order chi connectivity index (χ0) is 24.1. The Morgan fingerprint density at radius 2 is 1.97 bits per heavy atom. The summed E-state index contributed by atoms with van der Waals surface area (Å²) in [4.78, 5) is 38.9. The molecule has 1 aromatic carbocycles. The first kappa shape index (κ1) is 25.8. The van der Waals surface area contributed by atoms with E-state index in [2.05, 4.69) is 17.9 Å². The van der Waals surface area contributed by atoms with Crippen LogP contribution < -0.4 is 5.32 Å². The van der Waals surface area contributed by atoms with Crippen LogP contribution in [0.25, 0.3) is 0 Å². The Morgan fingerprint density at radius 1 is 1.34 bits per heavy atom. The molecule has 12 heteroatoms. The lowest BCUT2D eigenvalue weighted by Crippen LogP contribution is -2.60. The maximum absolute atomic E-state index is 13.0. The molecule has 2 unspecified atom stereocenters. The lowest BCUT2D eigenvalue weighted by molar-refractivity contribution is -0.384. The van der Waals surface area contributed by atoms with E-state index in [1.54, 1.807) is 37.8 Å². The molecule has 1 heterocycles. The van der Waals surface area contributed by atoms with Crippen molar-refractivity contribution in [2.45, 2.75) is 44.9 Å². The zero-order valence-electron chi connectivity index (χ0n) is 18.2. The number of benzene rings is 1. The van der Waals surface area contributed by atoms with E-state index < -0.39 is 35.2 Å². The van der Waals surface area contributed by atoms with Crippen LogP contribution >= 0.6 is 24.8 Å². The molecule has 0 aromatic heterocycles. The van der Waals surface area contributed by atoms with Gasteiger partial charge in [-0.15, -0.1) is 12.6 Å². The van der Waals surface area contributed by atoms with Crippen molar-refractivity contribution >= 4 is 46.9 Å². The molecule has 2 atom stereocenters. The highest BCUT2D eigenvalue weighted by Crippen LogP contribution is 2.20. The Bertz CT molecular complexity index is 859. The number of nitrogens with zero attached hydrogens (tertiary/aromatic N) is 3. The Morgan fingerprint density at radius 3 is 2.47 bits per heavy atom. The van der Waals surface area contributed by atoms with E-state index in [9.17, 15) is 24.8 Å². The monoisotopic (exact) mass is 484 g/mol. The minimum atomic E-state index is -1.14. The van der Waals surface area contributed by atoms with Gasteiger partial charge in [0.2, 0.25) is 5.91 Å². The van der Waals surface area contributed by atoms with E-state index in [1.165, 1.54) is 12.1 Å². The van der Waals surface area contributed by atoms with Gasteiger partial charge < -0.3 is 25.0 Å². The summed E-state index contributed by atoms with van der Waals surface area (Å²) in [6.45, 7) is 5.57. The number of alkyl carbamates (subject to hydrolysis) is 1. The van der Waals surface area contributed by atoms with E-state index in [4.69, 9.17) is 17.0 Å². The SMILES string of the molecule is CC(C)(C)OC(=O)NC(CO)C(=O)N1CCN(C(=S)S)C(Cc2ccc([N+](=O)[O-])cc2)C1. The third-order valence-electron chi connectivity index (χ3n) is 4.83. The number of hydrogen-bond donors (Lipinski definition) is 3. The van der Waals surface area contributed by atoms with E-state index >= 15 is 0 Å². The molecule has 1 fully saturated rings. The van der Waals surface area contributed by atoms with Crippen LogP contribution in [-0.4, -0.2) is 80.1 Å². The van der Waals surface area contributed by atoms with Crippen molar-refractivity contribution in [1.29, 1.82) is 0 Å². The maximum atomic E-state index is 13.0. The van der Waals surface area contributed by atoms with Gasteiger partial charge in [0.1, 0.15) is 16.0 Å². The molecule has 176 valence electrons. The largest absolute Gasteiger partial charge is 0.444 e. The summed E-state index contributed by atoms with van der Waals surface area (Å²) >= 11 is 9.52. The number of thiocarbonyl (C=S) groups is 1. The van der Waals surface area contributed by atoms with Gasteiger partial charge in [0, 0.05) is 31.8 Å². The smallest absolute Gasteiger partial charge is 0.408 e. The van der Waals surface area contributed by atoms with Gasteiger partial charge in [0.25, 0.3) is 5.69 Å². The summed E-state index contributed by atoms with van der Waals surface area (Å²) in [5.74, 6) is -0.434. The van der Waals surface area contributed by atoms with E-state index in [0.29, 0.717) is 23.8 Å². The molecule has 2 amide bonds. The van der Waals surface area contributed by atoms with Gasteiger partial charge in [-0.3, -0.25) is 14.9 Å². The first-order valence-electron chi connectivity index (χ1n) is 10.0. The average Bonchev–Trinajstić information content (AvgIpc) is 2.70. The molecule has 1 saturated heterocycles. The van der Waals surface area contributed by atoms with Crippen molar-refractivity contribution in [3.63, 3.8) is 0 Å². The number of nitro groups is 1.